The lowest BCUT2D eigenvalue weighted by Gasteiger charge is -2.26. The molecule has 0 atom stereocenters. The van der Waals surface area contributed by atoms with Gasteiger partial charge in [0.15, 0.2) is 0 Å². The van der Waals surface area contributed by atoms with Gasteiger partial charge in [0.1, 0.15) is 5.78 Å². The van der Waals surface area contributed by atoms with E-state index in [1.54, 1.807) is 0 Å². The van der Waals surface area contributed by atoms with Gasteiger partial charge in [-0.05, 0) is 51.6 Å². The SMILES string of the molecule is CCC1CCC(C(=O)CCCNC)CC1. The summed E-state index contributed by atoms with van der Waals surface area (Å²) in [6.45, 7) is 3.23. The van der Waals surface area contributed by atoms with Gasteiger partial charge in [-0.2, -0.15) is 0 Å². The summed E-state index contributed by atoms with van der Waals surface area (Å²) in [6, 6.07) is 0. The second kappa shape index (κ2) is 7.00. The molecule has 0 bridgehead atoms. The van der Waals surface area contributed by atoms with Crippen molar-refractivity contribution in [2.45, 2.75) is 51.9 Å². The van der Waals surface area contributed by atoms with Crippen LogP contribution in [0.5, 0.6) is 0 Å². The van der Waals surface area contributed by atoms with Crippen molar-refractivity contribution in [1.29, 1.82) is 0 Å². The maximum absolute atomic E-state index is 11.8. The summed E-state index contributed by atoms with van der Waals surface area (Å²) in [5, 5.41) is 3.09. The summed E-state index contributed by atoms with van der Waals surface area (Å²) in [5.41, 5.74) is 0. The summed E-state index contributed by atoms with van der Waals surface area (Å²) in [7, 11) is 1.94. The van der Waals surface area contributed by atoms with E-state index in [1.165, 1.54) is 19.3 Å². The standard InChI is InChI=1S/C13H25NO/c1-3-11-6-8-12(9-7-11)13(15)5-4-10-14-2/h11-12,14H,3-10H2,1-2H3. The van der Waals surface area contributed by atoms with Crippen LogP contribution < -0.4 is 5.32 Å². The highest BCUT2D eigenvalue weighted by atomic mass is 16.1. The maximum atomic E-state index is 11.8. The minimum atomic E-state index is 0.393. The molecule has 1 saturated carbocycles. The topological polar surface area (TPSA) is 29.1 Å². The molecule has 1 rings (SSSR count). The number of carbonyl (C=O) groups excluding carboxylic acids is 1. The monoisotopic (exact) mass is 211 g/mol. The van der Waals surface area contributed by atoms with Crippen LogP contribution in [-0.4, -0.2) is 19.4 Å². The molecule has 88 valence electrons. The molecule has 0 spiro atoms. The lowest BCUT2D eigenvalue weighted by atomic mass is 9.78. The number of hydrogen-bond donors (Lipinski definition) is 1. The first-order chi connectivity index (χ1) is 7.27. The van der Waals surface area contributed by atoms with E-state index in [0.29, 0.717) is 11.7 Å². The molecule has 0 aromatic carbocycles. The van der Waals surface area contributed by atoms with E-state index >= 15 is 0 Å². The van der Waals surface area contributed by atoms with Crippen molar-refractivity contribution in [2.24, 2.45) is 11.8 Å². The average molecular weight is 211 g/mol. The Morgan fingerprint density at radius 3 is 2.47 bits per heavy atom. The van der Waals surface area contributed by atoms with Crippen molar-refractivity contribution < 1.29 is 4.79 Å². The zero-order chi connectivity index (χ0) is 11.1. The first-order valence-electron chi connectivity index (χ1n) is 6.45. The zero-order valence-electron chi connectivity index (χ0n) is 10.2. The summed E-state index contributed by atoms with van der Waals surface area (Å²) in [5.74, 6) is 1.80. The molecule has 1 aliphatic rings. The lowest BCUT2D eigenvalue weighted by Crippen LogP contribution is -2.22. The Kier molecular flexibility index (Phi) is 5.92. The van der Waals surface area contributed by atoms with E-state index < -0.39 is 0 Å². The van der Waals surface area contributed by atoms with Gasteiger partial charge < -0.3 is 5.32 Å². The van der Waals surface area contributed by atoms with Crippen LogP contribution in [0.4, 0.5) is 0 Å². The Bertz CT molecular complexity index is 183. The van der Waals surface area contributed by atoms with Crippen molar-refractivity contribution in [1.82, 2.24) is 5.32 Å². The molecular formula is C13H25NO. The predicted octanol–water partition coefficient (Wildman–Crippen LogP) is 2.77. The fourth-order valence-corrected chi connectivity index (χ4v) is 2.54. The van der Waals surface area contributed by atoms with E-state index in [1.807, 2.05) is 7.05 Å². The van der Waals surface area contributed by atoms with Gasteiger partial charge in [0, 0.05) is 12.3 Å². The van der Waals surface area contributed by atoms with Gasteiger partial charge in [-0.3, -0.25) is 4.79 Å². The normalized spacial score (nSPS) is 26.5. The van der Waals surface area contributed by atoms with Gasteiger partial charge in [0.25, 0.3) is 0 Å². The number of ketones is 1. The number of rotatable bonds is 6. The van der Waals surface area contributed by atoms with Gasteiger partial charge in [0.2, 0.25) is 0 Å². The van der Waals surface area contributed by atoms with Crippen LogP contribution in [0.25, 0.3) is 0 Å². The number of nitrogens with one attached hydrogen (secondary N) is 1. The Morgan fingerprint density at radius 1 is 1.27 bits per heavy atom. The molecule has 1 N–H and O–H groups in total. The van der Waals surface area contributed by atoms with Crippen LogP contribution >= 0.6 is 0 Å². The van der Waals surface area contributed by atoms with E-state index in [2.05, 4.69) is 12.2 Å². The number of Topliss-reactive ketones (excluding diaryl/α,β-unsaturated/α-hetero) is 1. The third-order valence-electron chi connectivity index (χ3n) is 3.73. The average Bonchev–Trinajstić information content (AvgIpc) is 2.29. The summed E-state index contributed by atoms with van der Waals surface area (Å²) in [4.78, 5) is 11.8. The second-order valence-electron chi connectivity index (χ2n) is 4.80. The fourth-order valence-electron chi connectivity index (χ4n) is 2.54. The van der Waals surface area contributed by atoms with Crippen LogP contribution in [0.2, 0.25) is 0 Å². The minimum Gasteiger partial charge on any atom is -0.320 e. The quantitative estimate of drug-likeness (QED) is 0.684. The highest BCUT2D eigenvalue weighted by molar-refractivity contribution is 5.81. The molecule has 0 aromatic heterocycles. The molecule has 1 fully saturated rings. The van der Waals surface area contributed by atoms with Crippen LogP contribution in [0.3, 0.4) is 0 Å². The molecule has 0 aliphatic heterocycles. The molecule has 2 heteroatoms. The Balaban J connectivity index is 2.18. The van der Waals surface area contributed by atoms with Crippen molar-refractivity contribution in [3.05, 3.63) is 0 Å². The number of carbonyl (C=O) groups is 1. The first-order valence-corrected chi connectivity index (χ1v) is 6.45. The zero-order valence-corrected chi connectivity index (χ0v) is 10.2. The van der Waals surface area contributed by atoms with Gasteiger partial charge in [-0.25, -0.2) is 0 Å². The molecule has 0 heterocycles. The van der Waals surface area contributed by atoms with E-state index in [9.17, 15) is 4.79 Å². The summed E-state index contributed by atoms with van der Waals surface area (Å²) in [6.07, 6.45) is 7.93. The largest absolute Gasteiger partial charge is 0.320 e. The fraction of sp³-hybridized carbons (Fsp3) is 0.923. The first kappa shape index (κ1) is 12.7. The van der Waals surface area contributed by atoms with E-state index in [-0.39, 0.29) is 0 Å². The summed E-state index contributed by atoms with van der Waals surface area (Å²) < 4.78 is 0. The smallest absolute Gasteiger partial charge is 0.136 e. The lowest BCUT2D eigenvalue weighted by molar-refractivity contribution is -0.124. The van der Waals surface area contributed by atoms with Gasteiger partial charge in [-0.15, -0.1) is 0 Å². The number of hydrogen-bond acceptors (Lipinski definition) is 2. The molecule has 1 aliphatic carbocycles. The van der Waals surface area contributed by atoms with Gasteiger partial charge in [-0.1, -0.05) is 13.3 Å². The third kappa shape index (κ3) is 4.33. The molecule has 0 radical (unpaired) electrons. The van der Waals surface area contributed by atoms with Gasteiger partial charge >= 0.3 is 0 Å². The van der Waals surface area contributed by atoms with Crippen molar-refractivity contribution in [2.75, 3.05) is 13.6 Å². The van der Waals surface area contributed by atoms with Crippen LogP contribution in [0.15, 0.2) is 0 Å². The minimum absolute atomic E-state index is 0.393. The van der Waals surface area contributed by atoms with Gasteiger partial charge in [0.05, 0.1) is 0 Å². The Morgan fingerprint density at radius 2 is 1.93 bits per heavy atom. The van der Waals surface area contributed by atoms with Crippen LogP contribution in [0.1, 0.15) is 51.9 Å². The highest BCUT2D eigenvalue weighted by Crippen LogP contribution is 2.31. The Hall–Kier alpha value is -0.370. The maximum Gasteiger partial charge on any atom is 0.136 e. The van der Waals surface area contributed by atoms with Crippen molar-refractivity contribution in [3.8, 4) is 0 Å². The predicted molar refractivity (Wildman–Crippen MR) is 63.9 cm³/mol. The molecule has 0 saturated heterocycles. The van der Waals surface area contributed by atoms with E-state index in [0.717, 1.165) is 38.1 Å². The summed E-state index contributed by atoms with van der Waals surface area (Å²) >= 11 is 0. The Labute approximate surface area is 93.8 Å². The molecule has 15 heavy (non-hydrogen) atoms. The third-order valence-corrected chi connectivity index (χ3v) is 3.73. The van der Waals surface area contributed by atoms with Crippen molar-refractivity contribution >= 4 is 5.78 Å². The molecule has 2 nitrogen and oxygen atoms in total. The second-order valence-corrected chi connectivity index (χ2v) is 4.80. The highest BCUT2D eigenvalue weighted by Gasteiger charge is 2.24. The molecule has 0 amide bonds. The molecular weight excluding hydrogens is 186 g/mol. The van der Waals surface area contributed by atoms with Crippen LogP contribution in [-0.2, 0) is 4.79 Å². The molecule has 0 unspecified atom stereocenters. The van der Waals surface area contributed by atoms with Crippen LogP contribution in [0, 0.1) is 11.8 Å². The van der Waals surface area contributed by atoms with Crippen molar-refractivity contribution in [3.63, 3.8) is 0 Å². The van der Waals surface area contributed by atoms with E-state index in [4.69, 9.17) is 0 Å². The molecule has 0 aromatic rings.